The van der Waals surface area contributed by atoms with Gasteiger partial charge in [0.1, 0.15) is 18.0 Å². The van der Waals surface area contributed by atoms with Crippen LogP contribution in [-0.2, 0) is 11.3 Å². The SMILES string of the molecule is CCn1c(-c2cnc(C)nc2)nc2c(NC3CCN(C(=O)OCCCN(C)C)C3)ncnc21. The number of aromatic nitrogens is 6. The van der Waals surface area contributed by atoms with Crippen molar-refractivity contribution in [2.24, 2.45) is 0 Å². The van der Waals surface area contributed by atoms with Gasteiger partial charge in [-0.3, -0.25) is 0 Å². The highest BCUT2D eigenvalue weighted by atomic mass is 16.6. The average Bonchev–Trinajstić information content (AvgIpc) is 3.42. The molecule has 3 aromatic heterocycles. The summed E-state index contributed by atoms with van der Waals surface area (Å²) in [4.78, 5) is 38.5. The van der Waals surface area contributed by atoms with E-state index in [1.807, 2.05) is 32.5 Å². The van der Waals surface area contributed by atoms with E-state index in [0.29, 0.717) is 43.4 Å². The standard InChI is InChI=1S/C22H31N9O2/c1-5-31-20(16-11-23-15(2)24-12-16)28-18-19(25-14-26-21(18)31)27-17-7-9-30(13-17)22(32)33-10-6-8-29(3)4/h11-12,14,17H,5-10,13H2,1-4H3,(H,25,26,27). The zero-order valence-corrected chi connectivity index (χ0v) is 19.7. The number of rotatable bonds is 8. The van der Waals surface area contributed by atoms with E-state index >= 15 is 0 Å². The largest absolute Gasteiger partial charge is 0.449 e. The maximum Gasteiger partial charge on any atom is 0.409 e. The summed E-state index contributed by atoms with van der Waals surface area (Å²) in [6.07, 6.45) is 6.46. The van der Waals surface area contributed by atoms with Crippen molar-refractivity contribution in [1.29, 1.82) is 0 Å². The number of fused-ring (bicyclic) bond motifs is 1. The lowest BCUT2D eigenvalue weighted by molar-refractivity contribution is 0.107. The number of hydrogen-bond donors (Lipinski definition) is 1. The van der Waals surface area contributed by atoms with Crippen molar-refractivity contribution in [3.05, 3.63) is 24.5 Å². The molecule has 1 unspecified atom stereocenters. The van der Waals surface area contributed by atoms with Crippen molar-refractivity contribution in [2.45, 2.75) is 39.3 Å². The fraction of sp³-hybridized carbons (Fsp3) is 0.545. The molecule has 0 radical (unpaired) electrons. The molecule has 4 heterocycles. The highest BCUT2D eigenvalue weighted by Gasteiger charge is 2.28. The van der Waals surface area contributed by atoms with Crippen LogP contribution in [-0.4, -0.2) is 91.8 Å². The lowest BCUT2D eigenvalue weighted by Gasteiger charge is -2.17. The normalized spacial score (nSPS) is 16.0. The molecule has 0 aromatic carbocycles. The lowest BCUT2D eigenvalue weighted by Crippen LogP contribution is -2.32. The molecule has 0 spiro atoms. The summed E-state index contributed by atoms with van der Waals surface area (Å²) in [6.45, 7) is 7.13. The summed E-state index contributed by atoms with van der Waals surface area (Å²) >= 11 is 0. The zero-order chi connectivity index (χ0) is 23.4. The van der Waals surface area contributed by atoms with E-state index < -0.39 is 0 Å². The molecule has 1 atom stereocenters. The predicted octanol–water partition coefficient (Wildman–Crippen LogP) is 2.19. The molecule has 1 aliphatic heterocycles. The molecule has 1 amide bonds. The summed E-state index contributed by atoms with van der Waals surface area (Å²) in [5.74, 6) is 2.13. The lowest BCUT2D eigenvalue weighted by atomic mass is 10.2. The summed E-state index contributed by atoms with van der Waals surface area (Å²) in [6, 6.07) is 0.0651. The van der Waals surface area contributed by atoms with Crippen LogP contribution < -0.4 is 5.32 Å². The van der Waals surface area contributed by atoms with Gasteiger partial charge in [-0.2, -0.15) is 0 Å². The second-order valence-corrected chi connectivity index (χ2v) is 8.44. The third-order valence-corrected chi connectivity index (χ3v) is 5.65. The van der Waals surface area contributed by atoms with E-state index in [1.54, 1.807) is 23.6 Å². The topological polar surface area (TPSA) is 114 Å². The first-order chi connectivity index (χ1) is 16.0. The van der Waals surface area contributed by atoms with Gasteiger partial charge in [-0.1, -0.05) is 0 Å². The molecule has 1 aliphatic rings. The molecule has 0 aliphatic carbocycles. The zero-order valence-electron chi connectivity index (χ0n) is 19.7. The Hall–Kier alpha value is -3.34. The molecular weight excluding hydrogens is 422 g/mol. The smallest absolute Gasteiger partial charge is 0.409 e. The number of ether oxygens (including phenoxy) is 1. The van der Waals surface area contributed by atoms with Crippen LogP contribution in [0.15, 0.2) is 18.7 Å². The molecule has 0 saturated carbocycles. The number of aryl methyl sites for hydroxylation is 2. The minimum atomic E-state index is -0.261. The van der Waals surface area contributed by atoms with Gasteiger partial charge in [-0.05, 0) is 40.8 Å². The summed E-state index contributed by atoms with van der Waals surface area (Å²) < 4.78 is 7.45. The van der Waals surface area contributed by atoms with Gasteiger partial charge in [-0.15, -0.1) is 0 Å². The third kappa shape index (κ3) is 5.19. The van der Waals surface area contributed by atoms with E-state index in [1.165, 1.54) is 0 Å². The Bertz CT molecular complexity index is 1100. The Morgan fingerprint density at radius 2 is 2.03 bits per heavy atom. The minimum absolute atomic E-state index is 0.0651. The summed E-state index contributed by atoms with van der Waals surface area (Å²) in [7, 11) is 4.01. The number of amides is 1. The van der Waals surface area contributed by atoms with Crippen molar-refractivity contribution in [1.82, 2.24) is 39.3 Å². The van der Waals surface area contributed by atoms with E-state index in [4.69, 9.17) is 9.72 Å². The van der Waals surface area contributed by atoms with Crippen LogP contribution in [0.2, 0.25) is 0 Å². The summed E-state index contributed by atoms with van der Waals surface area (Å²) in [5.41, 5.74) is 2.27. The number of carbonyl (C=O) groups excluding carboxylic acids is 1. The molecule has 3 aromatic rings. The van der Waals surface area contributed by atoms with Gasteiger partial charge < -0.3 is 24.4 Å². The van der Waals surface area contributed by atoms with Gasteiger partial charge in [0.05, 0.1) is 12.2 Å². The van der Waals surface area contributed by atoms with Crippen molar-refractivity contribution in [3.63, 3.8) is 0 Å². The van der Waals surface area contributed by atoms with Crippen LogP contribution in [0.3, 0.4) is 0 Å². The maximum absolute atomic E-state index is 12.4. The Morgan fingerprint density at radius 1 is 1.24 bits per heavy atom. The predicted molar refractivity (Wildman–Crippen MR) is 125 cm³/mol. The van der Waals surface area contributed by atoms with Crippen LogP contribution in [0.1, 0.15) is 25.6 Å². The Labute approximate surface area is 193 Å². The quantitative estimate of drug-likeness (QED) is 0.513. The van der Waals surface area contributed by atoms with E-state index in [9.17, 15) is 4.79 Å². The number of hydrogen-bond acceptors (Lipinski definition) is 9. The first kappa shape index (κ1) is 22.8. The van der Waals surface area contributed by atoms with Crippen LogP contribution in [0.25, 0.3) is 22.6 Å². The van der Waals surface area contributed by atoms with Gasteiger partial charge >= 0.3 is 6.09 Å². The Balaban J connectivity index is 1.46. The van der Waals surface area contributed by atoms with Gasteiger partial charge in [0.2, 0.25) is 0 Å². The fourth-order valence-corrected chi connectivity index (χ4v) is 3.94. The van der Waals surface area contributed by atoms with E-state index in [-0.39, 0.29) is 12.1 Å². The van der Waals surface area contributed by atoms with Crippen molar-refractivity contribution >= 4 is 23.1 Å². The first-order valence-electron chi connectivity index (χ1n) is 11.3. The molecule has 4 rings (SSSR count). The van der Waals surface area contributed by atoms with Crippen LogP contribution in [0.5, 0.6) is 0 Å². The molecule has 33 heavy (non-hydrogen) atoms. The first-order valence-corrected chi connectivity index (χ1v) is 11.3. The second-order valence-electron chi connectivity index (χ2n) is 8.44. The number of nitrogens with one attached hydrogen (secondary N) is 1. The molecule has 11 nitrogen and oxygen atoms in total. The highest BCUT2D eigenvalue weighted by molar-refractivity contribution is 5.86. The van der Waals surface area contributed by atoms with E-state index in [0.717, 1.165) is 36.4 Å². The van der Waals surface area contributed by atoms with Gasteiger partial charge in [0.25, 0.3) is 0 Å². The molecule has 0 bridgehead atoms. The highest BCUT2D eigenvalue weighted by Crippen LogP contribution is 2.27. The average molecular weight is 454 g/mol. The van der Waals surface area contributed by atoms with Gasteiger partial charge in [0.15, 0.2) is 17.0 Å². The molecule has 176 valence electrons. The van der Waals surface area contributed by atoms with Gasteiger partial charge in [-0.25, -0.2) is 29.7 Å². The third-order valence-electron chi connectivity index (χ3n) is 5.65. The second kappa shape index (κ2) is 10.1. The number of imidazole rings is 1. The van der Waals surface area contributed by atoms with Crippen LogP contribution >= 0.6 is 0 Å². The van der Waals surface area contributed by atoms with E-state index in [2.05, 4.69) is 30.2 Å². The number of anilines is 1. The van der Waals surface area contributed by atoms with Crippen LogP contribution in [0, 0.1) is 6.92 Å². The molecule has 1 N–H and O–H groups in total. The monoisotopic (exact) mass is 453 g/mol. The minimum Gasteiger partial charge on any atom is -0.449 e. The molecular formula is C22H31N9O2. The molecule has 1 saturated heterocycles. The number of nitrogens with zero attached hydrogens (tertiary/aromatic N) is 8. The van der Waals surface area contributed by atoms with Crippen molar-refractivity contribution in [2.75, 3.05) is 45.7 Å². The fourth-order valence-electron chi connectivity index (χ4n) is 3.94. The molecule has 11 heteroatoms. The summed E-state index contributed by atoms with van der Waals surface area (Å²) in [5, 5.41) is 3.46. The van der Waals surface area contributed by atoms with Gasteiger partial charge in [0, 0.05) is 44.6 Å². The maximum atomic E-state index is 12.4. The molecule has 1 fully saturated rings. The Morgan fingerprint density at radius 3 is 2.76 bits per heavy atom. The van der Waals surface area contributed by atoms with Crippen molar-refractivity contribution in [3.8, 4) is 11.4 Å². The Kier molecular flexibility index (Phi) is 6.97. The van der Waals surface area contributed by atoms with Crippen LogP contribution in [0.4, 0.5) is 10.6 Å². The van der Waals surface area contributed by atoms with Crippen molar-refractivity contribution < 1.29 is 9.53 Å². The number of likely N-dealkylation sites (tertiary alicyclic amines) is 1. The number of carbonyl (C=O) groups is 1.